The molecular weight excluding hydrogens is 346 g/mol. The van der Waals surface area contributed by atoms with Gasteiger partial charge in [0.05, 0.1) is 11.2 Å². The molecule has 0 amide bonds. The predicted octanol–water partition coefficient (Wildman–Crippen LogP) is 6.63. The van der Waals surface area contributed by atoms with Crippen molar-refractivity contribution in [3.8, 4) is 22.6 Å². The molecule has 0 spiro atoms. The number of rotatable bonds is 5. The molecule has 4 rings (SSSR count). The van der Waals surface area contributed by atoms with Crippen molar-refractivity contribution in [2.45, 2.75) is 19.8 Å². The predicted molar refractivity (Wildman–Crippen MR) is 113 cm³/mol. The first kappa shape index (κ1) is 17.9. The van der Waals surface area contributed by atoms with E-state index in [1.165, 1.54) is 0 Å². The second kappa shape index (κ2) is 7.65. The second-order valence-electron chi connectivity index (χ2n) is 7.01. The van der Waals surface area contributed by atoms with Crippen LogP contribution in [-0.4, -0.2) is 11.3 Å². The van der Waals surface area contributed by atoms with E-state index in [-0.39, 0.29) is 5.92 Å². The van der Waals surface area contributed by atoms with Crippen molar-refractivity contribution in [2.75, 3.05) is 0 Å². The third-order valence-electron chi connectivity index (χ3n) is 4.75. The number of aldehydes is 1. The Morgan fingerprint density at radius 3 is 2.14 bits per heavy atom. The second-order valence-corrected chi connectivity index (χ2v) is 7.01. The number of aromatic nitrogens is 1. The molecule has 0 aliphatic carbocycles. The molecule has 0 saturated heterocycles. The summed E-state index contributed by atoms with van der Waals surface area (Å²) in [6.45, 7) is 4.12. The molecule has 1 heterocycles. The molecule has 4 aromatic rings. The Labute approximate surface area is 164 Å². The van der Waals surface area contributed by atoms with Crippen LogP contribution in [-0.2, 0) is 0 Å². The summed E-state index contributed by atoms with van der Waals surface area (Å²) in [7, 11) is 0. The summed E-state index contributed by atoms with van der Waals surface area (Å²) in [6, 6.07) is 25.5. The van der Waals surface area contributed by atoms with Crippen LogP contribution in [0.5, 0.6) is 11.5 Å². The van der Waals surface area contributed by atoms with Gasteiger partial charge in [0.15, 0.2) is 6.29 Å². The zero-order chi connectivity index (χ0) is 19.5. The molecular formula is C25H21NO2. The smallest absolute Gasteiger partial charge is 0.152 e. The van der Waals surface area contributed by atoms with Gasteiger partial charge in [0.2, 0.25) is 0 Å². The van der Waals surface area contributed by atoms with Crippen LogP contribution in [0.1, 0.15) is 35.8 Å². The van der Waals surface area contributed by atoms with E-state index in [2.05, 4.69) is 13.8 Å². The SMILES string of the molecule is CC(C)c1nc2ccccc2c(-c2ccc(Oc3ccccc3)cc2)c1C=O. The van der Waals surface area contributed by atoms with Crippen LogP contribution < -0.4 is 4.74 Å². The molecule has 0 aliphatic rings. The number of benzene rings is 3. The van der Waals surface area contributed by atoms with Crippen LogP contribution in [0.3, 0.4) is 0 Å². The standard InChI is InChI=1S/C25H21NO2/c1-17(2)25-22(16-27)24(21-10-6-7-11-23(21)26-25)18-12-14-20(15-13-18)28-19-8-4-3-5-9-19/h3-17H,1-2H3. The summed E-state index contributed by atoms with van der Waals surface area (Å²) < 4.78 is 5.89. The number of pyridine rings is 1. The Hall–Kier alpha value is -3.46. The van der Waals surface area contributed by atoms with E-state index in [1.807, 2.05) is 78.9 Å². The molecule has 0 saturated carbocycles. The van der Waals surface area contributed by atoms with Gasteiger partial charge in [-0.25, -0.2) is 0 Å². The van der Waals surface area contributed by atoms with Crippen molar-refractivity contribution in [2.24, 2.45) is 0 Å². The lowest BCUT2D eigenvalue weighted by Crippen LogP contribution is -2.03. The number of nitrogens with zero attached hydrogens (tertiary/aromatic N) is 1. The minimum Gasteiger partial charge on any atom is -0.457 e. The summed E-state index contributed by atoms with van der Waals surface area (Å²) in [4.78, 5) is 16.8. The normalized spacial score (nSPS) is 11.0. The molecule has 3 aromatic carbocycles. The molecule has 138 valence electrons. The summed E-state index contributed by atoms with van der Waals surface area (Å²) >= 11 is 0. The highest BCUT2D eigenvalue weighted by Crippen LogP contribution is 2.35. The summed E-state index contributed by atoms with van der Waals surface area (Å²) in [6.07, 6.45) is 0.929. The molecule has 0 fully saturated rings. The lowest BCUT2D eigenvalue weighted by molar-refractivity contribution is 0.112. The highest BCUT2D eigenvalue weighted by atomic mass is 16.5. The average Bonchev–Trinajstić information content (AvgIpc) is 2.73. The number of para-hydroxylation sites is 2. The fourth-order valence-electron chi connectivity index (χ4n) is 3.43. The number of fused-ring (bicyclic) bond motifs is 1. The van der Waals surface area contributed by atoms with Gasteiger partial charge in [0, 0.05) is 16.5 Å². The summed E-state index contributed by atoms with van der Waals surface area (Å²) in [5.41, 5.74) is 4.29. The number of carbonyl (C=O) groups is 1. The molecule has 3 nitrogen and oxygen atoms in total. The Morgan fingerprint density at radius 1 is 0.821 bits per heavy atom. The number of hydrogen-bond acceptors (Lipinski definition) is 3. The van der Waals surface area contributed by atoms with Gasteiger partial charge in [-0.15, -0.1) is 0 Å². The minimum atomic E-state index is 0.157. The van der Waals surface area contributed by atoms with E-state index in [0.717, 1.165) is 45.5 Å². The van der Waals surface area contributed by atoms with E-state index in [4.69, 9.17) is 9.72 Å². The molecule has 0 atom stereocenters. The first-order valence-corrected chi connectivity index (χ1v) is 9.38. The molecule has 3 heteroatoms. The van der Waals surface area contributed by atoms with Crippen molar-refractivity contribution in [3.63, 3.8) is 0 Å². The Balaban J connectivity index is 1.83. The van der Waals surface area contributed by atoms with Gasteiger partial charge in [-0.1, -0.05) is 62.4 Å². The molecule has 0 unspecified atom stereocenters. The zero-order valence-electron chi connectivity index (χ0n) is 15.9. The average molecular weight is 367 g/mol. The van der Waals surface area contributed by atoms with E-state index >= 15 is 0 Å². The minimum absolute atomic E-state index is 0.157. The van der Waals surface area contributed by atoms with Crippen LogP contribution in [0.2, 0.25) is 0 Å². The van der Waals surface area contributed by atoms with Gasteiger partial charge in [-0.3, -0.25) is 9.78 Å². The fourth-order valence-corrected chi connectivity index (χ4v) is 3.43. The topological polar surface area (TPSA) is 39.2 Å². The fraction of sp³-hybridized carbons (Fsp3) is 0.120. The van der Waals surface area contributed by atoms with Crippen molar-refractivity contribution in [1.29, 1.82) is 0 Å². The first-order valence-electron chi connectivity index (χ1n) is 9.38. The quantitative estimate of drug-likeness (QED) is 0.372. The summed E-state index contributed by atoms with van der Waals surface area (Å²) in [5, 5.41) is 0.978. The molecule has 28 heavy (non-hydrogen) atoms. The van der Waals surface area contributed by atoms with Crippen LogP contribution in [0, 0.1) is 0 Å². The van der Waals surface area contributed by atoms with Gasteiger partial charge in [0.25, 0.3) is 0 Å². The maximum Gasteiger partial charge on any atom is 0.152 e. The number of carbonyl (C=O) groups excluding carboxylic acids is 1. The molecule has 1 aromatic heterocycles. The van der Waals surface area contributed by atoms with Crippen LogP contribution in [0.4, 0.5) is 0 Å². The Bertz CT molecular complexity index is 1120. The van der Waals surface area contributed by atoms with Crippen molar-refractivity contribution >= 4 is 17.2 Å². The third-order valence-corrected chi connectivity index (χ3v) is 4.75. The van der Waals surface area contributed by atoms with Crippen molar-refractivity contribution < 1.29 is 9.53 Å². The van der Waals surface area contributed by atoms with E-state index < -0.39 is 0 Å². The van der Waals surface area contributed by atoms with Crippen LogP contribution in [0.25, 0.3) is 22.0 Å². The van der Waals surface area contributed by atoms with E-state index in [0.29, 0.717) is 5.56 Å². The van der Waals surface area contributed by atoms with Crippen molar-refractivity contribution in [3.05, 3.63) is 90.1 Å². The largest absolute Gasteiger partial charge is 0.457 e. The number of hydrogen-bond donors (Lipinski definition) is 0. The lowest BCUT2D eigenvalue weighted by Gasteiger charge is -2.16. The van der Waals surface area contributed by atoms with Gasteiger partial charge in [0.1, 0.15) is 11.5 Å². The van der Waals surface area contributed by atoms with Crippen LogP contribution in [0.15, 0.2) is 78.9 Å². The number of ether oxygens (including phenoxy) is 1. The lowest BCUT2D eigenvalue weighted by atomic mass is 9.91. The Morgan fingerprint density at radius 2 is 1.46 bits per heavy atom. The third kappa shape index (κ3) is 3.39. The maximum absolute atomic E-state index is 12.0. The maximum atomic E-state index is 12.0. The van der Waals surface area contributed by atoms with Crippen LogP contribution >= 0.6 is 0 Å². The molecule has 0 aliphatic heterocycles. The zero-order valence-corrected chi connectivity index (χ0v) is 15.9. The van der Waals surface area contributed by atoms with E-state index in [1.54, 1.807) is 0 Å². The summed E-state index contributed by atoms with van der Waals surface area (Å²) in [5.74, 6) is 1.70. The molecule has 0 bridgehead atoms. The van der Waals surface area contributed by atoms with Gasteiger partial charge in [-0.2, -0.15) is 0 Å². The van der Waals surface area contributed by atoms with Crippen molar-refractivity contribution in [1.82, 2.24) is 4.98 Å². The van der Waals surface area contributed by atoms with Gasteiger partial charge >= 0.3 is 0 Å². The molecule has 0 N–H and O–H groups in total. The Kier molecular flexibility index (Phi) is 4.90. The molecule has 0 radical (unpaired) electrons. The highest BCUT2D eigenvalue weighted by molar-refractivity contribution is 6.03. The first-order chi connectivity index (χ1) is 13.7. The van der Waals surface area contributed by atoms with Gasteiger partial charge < -0.3 is 4.74 Å². The van der Waals surface area contributed by atoms with Gasteiger partial charge in [-0.05, 0) is 41.8 Å². The van der Waals surface area contributed by atoms with E-state index in [9.17, 15) is 4.79 Å². The monoisotopic (exact) mass is 367 g/mol. The highest BCUT2D eigenvalue weighted by Gasteiger charge is 2.18.